The molecule has 0 atom stereocenters. The van der Waals surface area contributed by atoms with Crippen molar-refractivity contribution in [3.8, 4) is 0 Å². The number of aryl methyl sites for hydroxylation is 1. The summed E-state index contributed by atoms with van der Waals surface area (Å²) in [5.41, 5.74) is -0.655. The first kappa shape index (κ1) is 11.0. The predicted octanol–water partition coefficient (Wildman–Crippen LogP) is 1.13. The Morgan fingerprint density at radius 1 is 1.43 bits per heavy atom. The Kier molecular flexibility index (Phi) is 2.79. The summed E-state index contributed by atoms with van der Waals surface area (Å²) in [7, 11) is -3.73. The number of nitrogens with zero attached hydrogens (tertiary/aromatic N) is 2. The van der Waals surface area contributed by atoms with E-state index in [1.165, 1.54) is 6.92 Å². The van der Waals surface area contributed by atoms with Crippen LogP contribution in [-0.2, 0) is 9.84 Å². The molecule has 0 unspecified atom stereocenters. The number of sulfone groups is 1. The van der Waals surface area contributed by atoms with Crippen molar-refractivity contribution in [1.29, 1.82) is 0 Å². The molecule has 1 heterocycles. The van der Waals surface area contributed by atoms with Gasteiger partial charge in [-0.25, -0.2) is 27.2 Å². The van der Waals surface area contributed by atoms with Crippen molar-refractivity contribution in [2.24, 2.45) is 0 Å². The molecule has 1 aromatic heterocycles. The molecule has 0 N–H and O–H groups in total. The van der Waals surface area contributed by atoms with Gasteiger partial charge in [0.1, 0.15) is 5.82 Å². The van der Waals surface area contributed by atoms with Gasteiger partial charge < -0.3 is 0 Å². The number of rotatable bonds is 2. The quantitative estimate of drug-likeness (QED) is 0.704. The predicted molar refractivity (Wildman–Crippen MR) is 44.8 cm³/mol. The van der Waals surface area contributed by atoms with E-state index in [2.05, 4.69) is 9.97 Å². The third-order valence-electron chi connectivity index (χ3n) is 1.49. The van der Waals surface area contributed by atoms with E-state index in [0.29, 0.717) is 0 Å². The number of hydrogen-bond donors (Lipinski definition) is 0. The fraction of sp³-hybridized carbons (Fsp3) is 0.429. The Bertz CT molecular complexity index is 445. The van der Waals surface area contributed by atoms with Crippen LogP contribution in [0.3, 0.4) is 0 Å². The van der Waals surface area contributed by atoms with E-state index >= 15 is 0 Å². The van der Waals surface area contributed by atoms with Gasteiger partial charge in [0.15, 0.2) is 14.9 Å². The maximum Gasteiger partial charge on any atom is 0.268 e. The Morgan fingerprint density at radius 2 is 2.00 bits per heavy atom. The summed E-state index contributed by atoms with van der Waals surface area (Å²) in [6, 6.07) is 0. The van der Waals surface area contributed by atoms with Gasteiger partial charge in [-0.05, 0) is 6.92 Å². The van der Waals surface area contributed by atoms with Gasteiger partial charge in [0, 0.05) is 12.5 Å². The van der Waals surface area contributed by atoms with E-state index in [-0.39, 0.29) is 5.82 Å². The van der Waals surface area contributed by atoms with Gasteiger partial charge in [-0.3, -0.25) is 0 Å². The summed E-state index contributed by atoms with van der Waals surface area (Å²) in [4.78, 5) is 7.01. The van der Waals surface area contributed by atoms with E-state index in [1.807, 2.05) is 0 Å². The lowest BCUT2D eigenvalue weighted by Gasteiger charge is -2.05. The molecule has 0 saturated carbocycles. The lowest BCUT2D eigenvalue weighted by Crippen LogP contribution is -2.08. The zero-order valence-electron chi connectivity index (χ0n) is 7.53. The smallest absolute Gasteiger partial charge is 0.241 e. The lowest BCUT2D eigenvalue weighted by molar-refractivity contribution is 0.146. The highest BCUT2D eigenvalue weighted by Crippen LogP contribution is 2.23. The molecule has 78 valence electrons. The Morgan fingerprint density at radius 3 is 2.43 bits per heavy atom. The highest BCUT2D eigenvalue weighted by molar-refractivity contribution is 7.90. The molecule has 4 nitrogen and oxygen atoms in total. The van der Waals surface area contributed by atoms with Gasteiger partial charge in [0.2, 0.25) is 0 Å². The summed E-state index contributed by atoms with van der Waals surface area (Å²) in [5.74, 6) is 0.148. The Balaban J connectivity index is 3.46. The number of alkyl halides is 2. The molecule has 0 aliphatic heterocycles. The summed E-state index contributed by atoms with van der Waals surface area (Å²) >= 11 is 0. The van der Waals surface area contributed by atoms with Crippen molar-refractivity contribution >= 4 is 9.84 Å². The molecular weight excluding hydrogens is 214 g/mol. The van der Waals surface area contributed by atoms with Crippen LogP contribution in [0.1, 0.15) is 17.8 Å². The monoisotopic (exact) mass is 222 g/mol. The van der Waals surface area contributed by atoms with E-state index in [0.717, 1.165) is 12.5 Å². The zero-order valence-corrected chi connectivity index (χ0v) is 8.35. The molecule has 0 bridgehead atoms. The summed E-state index contributed by atoms with van der Waals surface area (Å²) in [6.07, 6.45) is -1.22. The number of aromatic nitrogens is 2. The molecular formula is C7H8F2N2O2S. The van der Waals surface area contributed by atoms with Crippen molar-refractivity contribution in [2.75, 3.05) is 6.26 Å². The van der Waals surface area contributed by atoms with Gasteiger partial charge in [0.25, 0.3) is 6.43 Å². The molecule has 1 rings (SSSR count). The molecule has 0 amide bonds. The minimum Gasteiger partial charge on any atom is -0.241 e. The third kappa shape index (κ3) is 2.22. The van der Waals surface area contributed by atoms with Crippen LogP contribution in [-0.4, -0.2) is 24.6 Å². The number of halogens is 2. The molecule has 0 fully saturated rings. The van der Waals surface area contributed by atoms with Crippen LogP contribution in [0.4, 0.5) is 8.78 Å². The van der Waals surface area contributed by atoms with Crippen LogP contribution >= 0.6 is 0 Å². The summed E-state index contributed by atoms with van der Waals surface area (Å²) in [6.45, 7) is 1.43. The van der Waals surface area contributed by atoms with Gasteiger partial charge in [-0.1, -0.05) is 0 Å². The SMILES string of the molecule is Cc1ncc(C(F)F)c(S(C)(=O)=O)n1. The second kappa shape index (κ2) is 3.56. The fourth-order valence-electron chi connectivity index (χ4n) is 0.905. The topological polar surface area (TPSA) is 59.9 Å². The normalized spacial score (nSPS) is 12.1. The van der Waals surface area contributed by atoms with E-state index in [4.69, 9.17) is 0 Å². The molecule has 0 spiro atoms. The maximum absolute atomic E-state index is 12.3. The molecule has 0 aliphatic rings. The lowest BCUT2D eigenvalue weighted by atomic mass is 10.3. The largest absolute Gasteiger partial charge is 0.268 e. The fourth-order valence-corrected chi connectivity index (χ4v) is 1.77. The zero-order chi connectivity index (χ0) is 10.9. The summed E-state index contributed by atoms with van der Waals surface area (Å²) < 4.78 is 46.9. The van der Waals surface area contributed by atoms with Crippen molar-refractivity contribution in [3.05, 3.63) is 17.6 Å². The minimum absolute atomic E-state index is 0.148. The van der Waals surface area contributed by atoms with Crippen molar-refractivity contribution in [2.45, 2.75) is 18.4 Å². The van der Waals surface area contributed by atoms with Crippen LogP contribution in [0.15, 0.2) is 11.2 Å². The van der Waals surface area contributed by atoms with Gasteiger partial charge >= 0.3 is 0 Å². The van der Waals surface area contributed by atoms with Crippen LogP contribution in [0, 0.1) is 6.92 Å². The van der Waals surface area contributed by atoms with Gasteiger partial charge in [-0.15, -0.1) is 0 Å². The average Bonchev–Trinajstić information content (AvgIpc) is 2.01. The van der Waals surface area contributed by atoms with Crippen molar-refractivity contribution in [3.63, 3.8) is 0 Å². The molecule has 0 radical (unpaired) electrons. The minimum atomic E-state index is -3.73. The molecule has 14 heavy (non-hydrogen) atoms. The maximum atomic E-state index is 12.3. The molecule has 0 aromatic carbocycles. The van der Waals surface area contributed by atoms with Gasteiger partial charge in [0.05, 0.1) is 5.56 Å². The standard InChI is InChI=1S/C7H8F2N2O2S/c1-4-10-3-5(6(8)9)7(11-4)14(2,12)13/h3,6H,1-2H3. The second-order valence-corrected chi connectivity index (χ2v) is 4.68. The first-order chi connectivity index (χ1) is 6.32. The van der Waals surface area contributed by atoms with Crippen LogP contribution in [0.2, 0.25) is 0 Å². The highest BCUT2D eigenvalue weighted by Gasteiger charge is 2.22. The first-order valence-electron chi connectivity index (χ1n) is 3.64. The van der Waals surface area contributed by atoms with Crippen LogP contribution < -0.4 is 0 Å². The van der Waals surface area contributed by atoms with E-state index < -0.39 is 26.9 Å². The highest BCUT2D eigenvalue weighted by atomic mass is 32.2. The van der Waals surface area contributed by atoms with E-state index in [1.54, 1.807) is 0 Å². The van der Waals surface area contributed by atoms with Crippen LogP contribution in [0.5, 0.6) is 0 Å². The molecule has 0 aliphatic carbocycles. The Hall–Kier alpha value is -1.11. The van der Waals surface area contributed by atoms with Gasteiger partial charge in [-0.2, -0.15) is 0 Å². The summed E-state index contributed by atoms with van der Waals surface area (Å²) in [5, 5.41) is -0.597. The molecule has 7 heteroatoms. The first-order valence-corrected chi connectivity index (χ1v) is 5.53. The Labute approximate surface area is 79.9 Å². The van der Waals surface area contributed by atoms with Crippen molar-refractivity contribution < 1.29 is 17.2 Å². The molecule has 0 saturated heterocycles. The molecule has 1 aromatic rings. The van der Waals surface area contributed by atoms with Crippen LogP contribution in [0.25, 0.3) is 0 Å². The third-order valence-corrected chi connectivity index (χ3v) is 2.52. The van der Waals surface area contributed by atoms with Crippen molar-refractivity contribution in [1.82, 2.24) is 9.97 Å². The average molecular weight is 222 g/mol. The number of hydrogen-bond acceptors (Lipinski definition) is 4. The second-order valence-electron chi connectivity index (χ2n) is 2.75. The van der Waals surface area contributed by atoms with E-state index in [9.17, 15) is 17.2 Å².